The number of aryl methyl sites for hydroxylation is 1. The lowest BCUT2D eigenvalue weighted by atomic mass is 9.98. The molecular weight excluding hydrogens is 260 g/mol. The molecule has 1 unspecified atom stereocenters. The van der Waals surface area contributed by atoms with E-state index in [1.807, 2.05) is 0 Å². The van der Waals surface area contributed by atoms with Gasteiger partial charge in [0, 0.05) is 36.9 Å². The van der Waals surface area contributed by atoms with Gasteiger partial charge in [0.05, 0.1) is 4.92 Å². The Kier molecular flexibility index (Phi) is 4.34. The molecule has 1 aliphatic heterocycles. The van der Waals surface area contributed by atoms with Crippen molar-refractivity contribution >= 4 is 11.6 Å². The van der Waals surface area contributed by atoms with Crippen LogP contribution in [0.1, 0.15) is 28.8 Å². The Bertz CT molecular complexity index is 530. The SMILES string of the molecule is Cc1ccc(C(=O)N2CCCC(CO)C2)cc1[N+](=O)[O-]. The topological polar surface area (TPSA) is 83.7 Å². The van der Waals surface area contributed by atoms with E-state index in [0.717, 1.165) is 12.8 Å². The Morgan fingerprint density at radius 2 is 2.30 bits per heavy atom. The van der Waals surface area contributed by atoms with Gasteiger partial charge in [-0.05, 0) is 31.7 Å². The van der Waals surface area contributed by atoms with Crippen LogP contribution in [0, 0.1) is 23.0 Å². The Morgan fingerprint density at radius 3 is 2.95 bits per heavy atom. The average Bonchev–Trinajstić information content (AvgIpc) is 2.46. The molecule has 1 amide bonds. The first-order valence-electron chi connectivity index (χ1n) is 6.68. The maximum absolute atomic E-state index is 12.4. The number of aliphatic hydroxyl groups excluding tert-OH is 1. The molecule has 1 fully saturated rings. The molecule has 0 radical (unpaired) electrons. The zero-order chi connectivity index (χ0) is 14.7. The quantitative estimate of drug-likeness (QED) is 0.674. The van der Waals surface area contributed by atoms with E-state index < -0.39 is 4.92 Å². The van der Waals surface area contributed by atoms with Crippen molar-refractivity contribution in [3.8, 4) is 0 Å². The number of aliphatic hydroxyl groups is 1. The Hall–Kier alpha value is -1.95. The minimum atomic E-state index is -0.473. The predicted molar refractivity (Wildman–Crippen MR) is 73.5 cm³/mol. The van der Waals surface area contributed by atoms with E-state index in [4.69, 9.17) is 0 Å². The van der Waals surface area contributed by atoms with Crippen molar-refractivity contribution in [3.63, 3.8) is 0 Å². The standard InChI is InChI=1S/C14H18N2O4/c1-10-4-5-12(7-13(10)16(19)20)14(18)15-6-2-3-11(8-15)9-17/h4-5,7,11,17H,2-3,6,8-9H2,1H3. The molecular formula is C14H18N2O4. The molecule has 6 nitrogen and oxygen atoms in total. The highest BCUT2D eigenvalue weighted by Gasteiger charge is 2.25. The molecule has 1 saturated heterocycles. The second-order valence-electron chi connectivity index (χ2n) is 5.20. The van der Waals surface area contributed by atoms with Crippen LogP contribution in [0.2, 0.25) is 0 Å². The molecule has 108 valence electrons. The summed E-state index contributed by atoms with van der Waals surface area (Å²) in [6.07, 6.45) is 1.76. The third-order valence-electron chi connectivity index (χ3n) is 3.72. The number of carbonyl (C=O) groups is 1. The van der Waals surface area contributed by atoms with Gasteiger partial charge >= 0.3 is 0 Å². The fourth-order valence-corrected chi connectivity index (χ4v) is 2.52. The van der Waals surface area contributed by atoms with Crippen molar-refractivity contribution in [2.24, 2.45) is 5.92 Å². The summed E-state index contributed by atoms with van der Waals surface area (Å²) in [7, 11) is 0. The van der Waals surface area contributed by atoms with Gasteiger partial charge in [0.2, 0.25) is 0 Å². The molecule has 1 aromatic carbocycles. The number of hydrogen-bond donors (Lipinski definition) is 1. The van der Waals surface area contributed by atoms with Gasteiger partial charge in [-0.2, -0.15) is 0 Å². The maximum atomic E-state index is 12.4. The van der Waals surface area contributed by atoms with E-state index in [1.165, 1.54) is 6.07 Å². The second-order valence-corrected chi connectivity index (χ2v) is 5.20. The number of rotatable bonds is 3. The number of carbonyl (C=O) groups excluding carboxylic acids is 1. The van der Waals surface area contributed by atoms with Crippen molar-refractivity contribution in [2.75, 3.05) is 19.7 Å². The average molecular weight is 278 g/mol. The summed E-state index contributed by atoms with van der Waals surface area (Å²) in [5, 5.41) is 20.1. The van der Waals surface area contributed by atoms with Gasteiger partial charge in [-0.25, -0.2) is 0 Å². The minimum absolute atomic E-state index is 0.0356. The molecule has 1 atom stereocenters. The van der Waals surface area contributed by atoms with Crippen molar-refractivity contribution in [1.82, 2.24) is 4.90 Å². The monoisotopic (exact) mass is 278 g/mol. The fourth-order valence-electron chi connectivity index (χ4n) is 2.52. The van der Waals surface area contributed by atoms with Gasteiger partial charge in [0.25, 0.3) is 11.6 Å². The van der Waals surface area contributed by atoms with Gasteiger partial charge in [0.15, 0.2) is 0 Å². The first kappa shape index (κ1) is 14.5. The number of hydrogen-bond acceptors (Lipinski definition) is 4. The third kappa shape index (κ3) is 2.96. The Morgan fingerprint density at radius 1 is 1.55 bits per heavy atom. The van der Waals surface area contributed by atoms with Crippen molar-refractivity contribution < 1.29 is 14.8 Å². The maximum Gasteiger partial charge on any atom is 0.273 e. The number of amides is 1. The van der Waals surface area contributed by atoms with Crippen molar-refractivity contribution in [1.29, 1.82) is 0 Å². The summed E-state index contributed by atoms with van der Waals surface area (Å²) < 4.78 is 0. The zero-order valence-corrected chi connectivity index (χ0v) is 11.4. The molecule has 1 N–H and O–H groups in total. The van der Waals surface area contributed by atoms with E-state index >= 15 is 0 Å². The van der Waals surface area contributed by atoms with Gasteiger partial charge in [-0.15, -0.1) is 0 Å². The molecule has 0 saturated carbocycles. The summed E-state index contributed by atoms with van der Waals surface area (Å²) >= 11 is 0. The van der Waals surface area contributed by atoms with E-state index in [9.17, 15) is 20.0 Å². The summed E-state index contributed by atoms with van der Waals surface area (Å²) in [5.74, 6) is -0.0978. The lowest BCUT2D eigenvalue weighted by molar-refractivity contribution is -0.385. The molecule has 6 heteroatoms. The first-order chi connectivity index (χ1) is 9.52. The highest BCUT2D eigenvalue weighted by Crippen LogP contribution is 2.22. The molecule has 1 heterocycles. The van der Waals surface area contributed by atoms with Gasteiger partial charge < -0.3 is 10.0 Å². The van der Waals surface area contributed by atoms with E-state index in [0.29, 0.717) is 24.2 Å². The number of piperidine rings is 1. The van der Waals surface area contributed by atoms with Crippen LogP contribution in [-0.4, -0.2) is 40.5 Å². The van der Waals surface area contributed by atoms with E-state index in [2.05, 4.69) is 0 Å². The summed E-state index contributed by atoms with van der Waals surface area (Å²) in [4.78, 5) is 24.5. The fraction of sp³-hybridized carbons (Fsp3) is 0.500. The van der Waals surface area contributed by atoms with E-state index in [1.54, 1.807) is 24.0 Å². The van der Waals surface area contributed by atoms with Gasteiger partial charge in [0.1, 0.15) is 0 Å². The van der Waals surface area contributed by atoms with Crippen LogP contribution >= 0.6 is 0 Å². The lowest BCUT2D eigenvalue weighted by Gasteiger charge is -2.31. The van der Waals surface area contributed by atoms with Gasteiger partial charge in [-0.3, -0.25) is 14.9 Å². The predicted octanol–water partition coefficient (Wildman–Crippen LogP) is 1.75. The minimum Gasteiger partial charge on any atom is -0.396 e. The van der Waals surface area contributed by atoms with Crippen LogP contribution in [0.5, 0.6) is 0 Å². The molecule has 0 spiro atoms. The molecule has 0 aromatic heterocycles. The van der Waals surface area contributed by atoms with Gasteiger partial charge in [-0.1, -0.05) is 6.07 Å². The summed E-state index contributed by atoms with van der Waals surface area (Å²) in [6, 6.07) is 4.55. The molecule has 1 aromatic rings. The van der Waals surface area contributed by atoms with Crippen molar-refractivity contribution in [3.05, 3.63) is 39.4 Å². The van der Waals surface area contributed by atoms with E-state index in [-0.39, 0.29) is 24.1 Å². The number of nitrogens with zero attached hydrogens (tertiary/aromatic N) is 2. The Labute approximate surface area is 117 Å². The number of nitro benzene ring substituents is 1. The van der Waals surface area contributed by atoms with Crippen LogP contribution in [0.4, 0.5) is 5.69 Å². The number of benzene rings is 1. The largest absolute Gasteiger partial charge is 0.396 e. The molecule has 0 bridgehead atoms. The smallest absolute Gasteiger partial charge is 0.273 e. The highest BCUT2D eigenvalue weighted by molar-refractivity contribution is 5.95. The van der Waals surface area contributed by atoms with Crippen LogP contribution in [-0.2, 0) is 0 Å². The summed E-state index contributed by atoms with van der Waals surface area (Å²) in [6.45, 7) is 2.86. The van der Waals surface area contributed by atoms with Crippen LogP contribution in [0.25, 0.3) is 0 Å². The van der Waals surface area contributed by atoms with Crippen LogP contribution in [0.15, 0.2) is 18.2 Å². The molecule has 2 rings (SSSR count). The van der Waals surface area contributed by atoms with Crippen LogP contribution < -0.4 is 0 Å². The third-order valence-corrected chi connectivity index (χ3v) is 3.72. The van der Waals surface area contributed by atoms with Crippen LogP contribution in [0.3, 0.4) is 0 Å². The van der Waals surface area contributed by atoms with Crippen molar-refractivity contribution in [2.45, 2.75) is 19.8 Å². The molecule has 0 aliphatic carbocycles. The first-order valence-corrected chi connectivity index (χ1v) is 6.68. The zero-order valence-electron chi connectivity index (χ0n) is 11.4. The normalized spacial score (nSPS) is 18.9. The lowest BCUT2D eigenvalue weighted by Crippen LogP contribution is -2.40. The highest BCUT2D eigenvalue weighted by atomic mass is 16.6. The second kappa shape index (κ2) is 6.00. The molecule has 1 aliphatic rings. The number of likely N-dealkylation sites (tertiary alicyclic amines) is 1. The molecule has 20 heavy (non-hydrogen) atoms. The summed E-state index contributed by atoms with van der Waals surface area (Å²) in [5.41, 5.74) is 0.839. The number of nitro groups is 1. The Balaban J connectivity index is 2.20.